The van der Waals surface area contributed by atoms with Crippen molar-refractivity contribution < 1.29 is 4.79 Å². The van der Waals surface area contributed by atoms with Crippen LogP contribution in [-0.4, -0.2) is 17.6 Å². The molecular formula is C23H21N3OS. The van der Waals surface area contributed by atoms with Crippen molar-refractivity contribution in [1.29, 1.82) is 0 Å². The van der Waals surface area contributed by atoms with Crippen molar-refractivity contribution in [3.05, 3.63) is 101 Å². The van der Waals surface area contributed by atoms with E-state index in [1.807, 2.05) is 24.3 Å². The number of fused-ring (bicyclic) bond motifs is 2. The molecule has 0 radical (unpaired) electrons. The number of anilines is 1. The van der Waals surface area contributed by atoms with Crippen LogP contribution in [0, 0.1) is 0 Å². The molecule has 3 aromatic carbocycles. The summed E-state index contributed by atoms with van der Waals surface area (Å²) in [6, 6.07) is 25.9. The van der Waals surface area contributed by atoms with Gasteiger partial charge in [0.15, 0.2) is 5.11 Å². The SMILES string of the molecule is O=C(NC(=S)NCC1Nc2ccccc2Cc2ccccc21)c1ccccc1. The van der Waals surface area contributed by atoms with Crippen LogP contribution in [0.25, 0.3) is 0 Å². The summed E-state index contributed by atoms with van der Waals surface area (Å²) in [4.78, 5) is 12.3. The molecule has 0 bridgehead atoms. The standard InChI is InChI=1S/C23H21N3OS/c27-22(16-8-2-1-3-9-16)26-23(28)24-15-21-19-12-6-4-10-17(19)14-18-11-5-7-13-20(18)25-21/h1-13,21,25H,14-15H2,(H2,24,26,27,28). The van der Waals surface area contributed by atoms with Crippen LogP contribution in [0.2, 0.25) is 0 Å². The Labute approximate surface area is 170 Å². The van der Waals surface area contributed by atoms with E-state index in [9.17, 15) is 4.79 Å². The highest BCUT2D eigenvalue weighted by Crippen LogP contribution is 2.31. The highest BCUT2D eigenvalue weighted by molar-refractivity contribution is 7.80. The van der Waals surface area contributed by atoms with Gasteiger partial charge in [-0.25, -0.2) is 0 Å². The number of hydrogen-bond acceptors (Lipinski definition) is 3. The van der Waals surface area contributed by atoms with E-state index in [4.69, 9.17) is 12.2 Å². The Morgan fingerprint density at radius 1 is 0.929 bits per heavy atom. The zero-order chi connectivity index (χ0) is 19.3. The van der Waals surface area contributed by atoms with E-state index in [1.54, 1.807) is 12.1 Å². The highest BCUT2D eigenvalue weighted by atomic mass is 32.1. The third kappa shape index (κ3) is 4.05. The number of rotatable bonds is 3. The molecule has 5 heteroatoms. The maximum Gasteiger partial charge on any atom is 0.257 e. The Morgan fingerprint density at radius 2 is 1.61 bits per heavy atom. The Hall–Kier alpha value is -3.18. The number of carbonyl (C=O) groups excluding carboxylic acids is 1. The summed E-state index contributed by atoms with van der Waals surface area (Å²) in [6.45, 7) is 0.569. The minimum Gasteiger partial charge on any atom is -0.376 e. The number of carbonyl (C=O) groups is 1. The Bertz CT molecular complexity index is 1000. The van der Waals surface area contributed by atoms with Crippen LogP contribution in [0.3, 0.4) is 0 Å². The van der Waals surface area contributed by atoms with Crippen LogP contribution >= 0.6 is 12.2 Å². The summed E-state index contributed by atoms with van der Waals surface area (Å²) >= 11 is 5.34. The monoisotopic (exact) mass is 387 g/mol. The number of benzene rings is 3. The van der Waals surface area contributed by atoms with Gasteiger partial charge in [-0.15, -0.1) is 0 Å². The van der Waals surface area contributed by atoms with Gasteiger partial charge in [0.05, 0.1) is 6.04 Å². The fourth-order valence-electron chi connectivity index (χ4n) is 3.49. The van der Waals surface area contributed by atoms with Crippen molar-refractivity contribution in [2.45, 2.75) is 12.5 Å². The molecule has 3 aromatic rings. The molecule has 4 rings (SSSR count). The van der Waals surface area contributed by atoms with Crippen molar-refractivity contribution in [3.8, 4) is 0 Å². The summed E-state index contributed by atoms with van der Waals surface area (Å²) < 4.78 is 0. The first kappa shape index (κ1) is 18.2. The van der Waals surface area contributed by atoms with Crippen LogP contribution in [0.15, 0.2) is 78.9 Å². The summed E-state index contributed by atoms with van der Waals surface area (Å²) in [6.07, 6.45) is 0.894. The molecule has 1 amide bonds. The quantitative estimate of drug-likeness (QED) is 0.594. The van der Waals surface area contributed by atoms with Crippen molar-refractivity contribution in [2.75, 3.05) is 11.9 Å². The molecule has 0 saturated heterocycles. The first-order valence-electron chi connectivity index (χ1n) is 9.27. The lowest BCUT2D eigenvalue weighted by atomic mass is 9.97. The topological polar surface area (TPSA) is 53.2 Å². The minimum absolute atomic E-state index is 0.0476. The van der Waals surface area contributed by atoms with Crippen LogP contribution in [0.4, 0.5) is 5.69 Å². The molecule has 0 saturated carbocycles. The van der Waals surface area contributed by atoms with Crippen LogP contribution < -0.4 is 16.0 Å². The van der Waals surface area contributed by atoms with Crippen LogP contribution in [-0.2, 0) is 6.42 Å². The Morgan fingerprint density at radius 3 is 2.43 bits per heavy atom. The second-order valence-corrected chi connectivity index (χ2v) is 7.17. The van der Waals surface area contributed by atoms with Gasteiger partial charge in [0.1, 0.15) is 0 Å². The first-order chi connectivity index (χ1) is 13.7. The lowest BCUT2D eigenvalue weighted by Crippen LogP contribution is -2.41. The average molecular weight is 388 g/mol. The van der Waals surface area contributed by atoms with Crippen molar-refractivity contribution >= 4 is 28.9 Å². The highest BCUT2D eigenvalue weighted by Gasteiger charge is 2.21. The molecule has 1 atom stereocenters. The summed E-state index contributed by atoms with van der Waals surface area (Å²) in [5.41, 5.74) is 5.52. The average Bonchev–Trinajstić information content (AvgIpc) is 2.89. The number of nitrogens with one attached hydrogen (secondary N) is 3. The fourth-order valence-corrected chi connectivity index (χ4v) is 3.66. The Kier molecular flexibility index (Phi) is 5.35. The van der Waals surface area contributed by atoms with Gasteiger partial charge in [-0.3, -0.25) is 10.1 Å². The molecule has 28 heavy (non-hydrogen) atoms. The predicted molar refractivity (Wildman–Crippen MR) is 117 cm³/mol. The Balaban J connectivity index is 1.46. The second-order valence-electron chi connectivity index (χ2n) is 6.76. The van der Waals surface area contributed by atoms with Crippen molar-refractivity contribution in [3.63, 3.8) is 0 Å². The van der Waals surface area contributed by atoms with Gasteiger partial charge in [0, 0.05) is 17.8 Å². The molecular weight excluding hydrogens is 366 g/mol. The second kappa shape index (κ2) is 8.23. The molecule has 3 N–H and O–H groups in total. The smallest absolute Gasteiger partial charge is 0.257 e. The van der Waals surface area contributed by atoms with E-state index in [1.165, 1.54) is 16.7 Å². The number of thiocarbonyl (C=S) groups is 1. The molecule has 4 nitrogen and oxygen atoms in total. The van der Waals surface area contributed by atoms with Crippen molar-refractivity contribution in [2.24, 2.45) is 0 Å². The van der Waals surface area contributed by atoms with Crippen LogP contribution in [0.1, 0.15) is 33.1 Å². The minimum atomic E-state index is -0.210. The van der Waals surface area contributed by atoms with Gasteiger partial charge in [-0.2, -0.15) is 0 Å². The van der Waals surface area contributed by atoms with E-state index in [0.717, 1.165) is 12.1 Å². The van der Waals surface area contributed by atoms with Gasteiger partial charge in [-0.05, 0) is 53.5 Å². The van der Waals surface area contributed by atoms with E-state index in [0.29, 0.717) is 17.2 Å². The third-order valence-corrected chi connectivity index (χ3v) is 5.13. The molecule has 0 fully saturated rings. The van der Waals surface area contributed by atoms with E-state index in [2.05, 4.69) is 58.4 Å². The molecule has 0 aromatic heterocycles. The predicted octanol–water partition coefficient (Wildman–Crippen LogP) is 4.05. The lowest BCUT2D eigenvalue weighted by molar-refractivity contribution is 0.0976. The molecule has 1 heterocycles. The number of hydrogen-bond donors (Lipinski definition) is 3. The first-order valence-corrected chi connectivity index (χ1v) is 9.68. The normalized spacial score (nSPS) is 14.6. The number of amides is 1. The van der Waals surface area contributed by atoms with E-state index >= 15 is 0 Å². The molecule has 1 aliphatic heterocycles. The van der Waals surface area contributed by atoms with Gasteiger partial charge in [-0.1, -0.05) is 60.7 Å². The summed E-state index contributed by atoms with van der Waals surface area (Å²) in [5.74, 6) is -0.210. The van der Waals surface area contributed by atoms with Gasteiger partial charge >= 0.3 is 0 Å². The molecule has 1 aliphatic rings. The summed E-state index contributed by atoms with van der Waals surface area (Å²) in [5, 5.41) is 9.88. The van der Waals surface area contributed by atoms with Crippen molar-refractivity contribution in [1.82, 2.24) is 10.6 Å². The van der Waals surface area contributed by atoms with E-state index < -0.39 is 0 Å². The van der Waals surface area contributed by atoms with Gasteiger partial charge in [0.25, 0.3) is 5.91 Å². The maximum absolute atomic E-state index is 12.3. The molecule has 0 aliphatic carbocycles. The zero-order valence-corrected chi connectivity index (χ0v) is 16.1. The fraction of sp³-hybridized carbons (Fsp3) is 0.130. The lowest BCUT2D eigenvalue weighted by Gasteiger charge is -2.22. The third-order valence-electron chi connectivity index (χ3n) is 4.89. The number of para-hydroxylation sites is 1. The van der Waals surface area contributed by atoms with Gasteiger partial charge < -0.3 is 10.6 Å². The summed E-state index contributed by atoms with van der Waals surface area (Å²) in [7, 11) is 0. The molecule has 140 valence electrons. The molecule has 0 spiro atoms. The zero-order valence-electron chi connectivity index (χ0n) is 15.3. The van der Waals surface area contributed by atoms with Gasteiger partial charge in [0.2, 0.25) is 0 Å². The largest absolute Gasteiger partial charge is 0.376 e. The van der Waals surface area contributed by atoms with E-state index in [-0.39, 0.29) is 11.9 Å². The maximum atomic E-state index is 12.3. The van der Waals surface area contributed by atoms with Crippen LogP contribution in [0.5, 0.6) is 0 Å². The molecule has 1 unspecified atom stereocenters.